The predicted molar refractivity (Wildman–Crippen MR) is 97.7 cm³/mol. The molecule has 1 atom stereocenters. The van der Waals surface area contributed by atoms with Crippen molar-refractivity contribution < 1.29 is 4.55 Å². The first kappa shape index (κ1) is 16.1. The number of hydrogen-bond donors (Lipinski definition) is 0. The van der Waals surface area contributed by atoms with Crippen molar-refractivity contribution in [1.29, 1.82) is 0 Å². The molecule has 0 spiro atoms. The van der Waals surface area contributed by atoms with Crippen molar-refractivity contribution >= 4 is 22.1 Å². The lowest BCUT2D eigenvalue weighted by Crippen LogP contribution is -2.17. The molecule has 0 aliphatic heterocycles. The molecule has 2 aromatic carbocycles. The Morgan fingerprint density at radius 1 is 1.00 bits per heavy atom. The summed E-state index contributed by atoms with van der Waals surface area (Å²) >= 11 is -0.975. The molecule has 1 heterocycles. The monoisotopic (exact) mass is 326 g/mol. The number of aromatic nitrogens is 1. The van der Waals surface area contributed by atoms with Gasteiger partial charge in [0.25, 0.3) is 0 Å². The van der Waals surface area contributed by atoms with Gasteiger partial charge in [-0.2, -0.15) is 0 Å². The second kappa shape index (κ2) is 7.21. The minimum absolute atomic E-state index is 0.695. The van der Waals surface area contributed by atoms with Gasteiger partial charge >= 0.3 is 0 Å². The van der Waals surface area contributed by atoms with Crippen LogP contribution in [-0.2, 0) is 11.2 Å². The van der Waals surface area contributed by atoms with Gasteiger partial charge in [0.15, 0.2) is 4.90 Å². The number of hydrogen-bond acceptors (Lipinski definition) is 2. The number of para-hydroxylation sites is 2. The van der Waals surface area contributed by atoms with Crippen LogP contribution in [0.2, 0.25) is 0 Å². The van der Waals surface area contributed by atoms with Gasteiger partial charge in [0, 0.05) is 18.7 Å². The van der Waals surface area contributed by atoms with Crippen molar-refractivity contribution in [2.24, 2.45) is 0 Å². The largest absolute Gasteiger partial charge is 0.611 e. The fourth-order valence-electron chi connectivity index (χ4n) is 2.75. The van der Waals surface area contributed by atoms with E-state index in [0.29, 0.717) is 5.75 Å². The molecular formula is C19H22N2OS. The van der Waals surface area contributed by atoms with E-state index in [1.807, 2.05) is 50.6 Å². The summed E-state index contributed by atoms with van der Waals surface area (Å²) in [5, 5.41) is 1.08. The molecule has 0 amide bonds. The lowest BCUT2D eigenvalue weighted by molar-refractivity contribution is 0.408. The Kier molecular flexibility index (Phi) is 5.06. The maximum atomic E-state index is 12.8. The zero-order valence-corrected chi connectivity index (χ0v) is 14.4. The van der Waals surface area contributed by atoms with Crippen LogP contribution in [0.1, 0.15) is 6.42 Å². The third kappa shape index (κ3) is 3.61. The summed E-state index contributed by atoms with van der Waals surface area (Å²) in [6, 6.07) is 18.4. The maximum Gasteiger partial charge on any atom is 0.178 e. The smallest absolute Gasteiger partial charge is 0.178 e. The van der Waals surface area contributed by atoms with Crippen LogP contribution in [0.4, 0.5) is 0 Å². The molecule has 0 saturated heterocycles. The minimum Gasteiger partial charge on any atom is -0.611 e. The highest BCUT2D eigenvalue weighted by molar-refractivity contribution is 7.91. The molecular weight excluding hydrogens is 304 g/mol. The first-order valence-electron chi connectivity index (χ1n) is 7.85. The molecule has 120 valence electrons. The van der Waals surface area contributed by atoms with Gasteiger partial charge in [0.1, 0.15) is 5.75 Å². The Morgan fingerprint density at radius 3 is 2.43 bits per heavy atom. The van der Waals surface area contributed by atoms with Crippen molar-refractivity contribution in [2.45, 2.75) is 11.3 Å². The van der Waals surface area contributed by atoms with Crippen molar-refractivity contribution in [3.8, 4) is 5.69 Å². The topological polar surface area (TPSA) is 31.2 Å². The normalized spacial score (nSPS) is 12.9. The fraction of sp³-hybridized carbons (Fsp3) is 0.263. The number of fused-ring (bicyclic) bond motifs is 1. The molecule has 3 nitrogen and oxygen atoms in total. The van der Waals surface area contributed by atoms with E-state index in [9.17, 15) is 4.55 Å². The van der Waals surface area contributed by atoms with E-state index in [1.54, 1.807) is 0 Å². The van der Waals surface area contributed by atoms with Crippen LogP contribution in [0.25, 0.3) is 16.6 Å². The average Bonchev–Trinajstić information content (AvgIpc) is 2.95. The van der Waals surface area contributed by atoms with Crippen LogP contribution in [0, 0.1) is 0 Å². The van der Waals surface area contributed by atoms with Gasteiger partial charge in [-0.1, -0.05) is 30.3 Å². The molecule has 0 bridgehead atoms. The number of nitrogens with zero attached hydrogens (tertiary/aromatic N) is 2. The van der Waals surface area contributed by atoms with Crippen LogP contribution >= 0.6 is 0 Å². The predicted octanol–water partition coefficient (Wildman–Crippen LogP) is 3.69. The maximum absolute atomic E-state index is 12.8. The Hall–Kier alpha value is -1.75. The number of benzene rings is 2. The molecule has 0 aliphatic rings. The van der Waals surface area contributed by atoms with Crippen LogP contribution in [0.15, 0.2) is 65.7 Å². The second-order valence-corrected chi connectivity index (χ2v) is 7.46. The van der Waals surface area contributed by atoms with Gasteiger partial charge in [0.05, 0.1) is 17.1 Å². The molecule has 1 aromatic heterocycles. The molecule has 0 radical (unpaired) electrons. The SMILES string of the molecule is CN(C)CCC[S+]([O-])c1cn(-c2ccccc2)c2ccccc12. The highest BCUT2D eigenvalue weighted by Crippen LogP contribution is 2.29. The second-order valence-electron chi connectivity index (χ2n) is 5.92. The summed E-state index contributed by atoms with van der Waals surface area (Å²) < 4.78 is 14.9. The Balaban J connectivity index is 1.95. The van der Waals surface area contributed by atoms with E-state index in [0.717, 1.165) is 34.5 Å². The summed E-state index contributed by atoms with van der Waals surface area (Å²) in [4.78, 5) is 3.06. The van der Waals surface area contributed by atoms with Gasteiger partial charge in [0.2, 0.25) is 0 Å². The van der Waals surface area contributed by atoms with Gasteiger partial charge in [-0.05, 0) is 49.5 Å². The van der Waals surface area contributed by atoms with E-state index in [1.165, 1.54) is 0 Å². The third-order valence-electron chi connectivity index (χ3n) is 3.89. The highest BCUT2D eigenvalue weighted by Gasteiger charge is 2.19. The molecule has 4 heteroatoms. The van der Waals surface area contributed by atoms with Crippen molar-refractivity contribution in [3.63, 3.8) is 0 Å². The molecule has 1 unspecified atom stereocenters. The minimum atomic E-state index is -0.975. The van der Waals surface area contributed by atoms with Crippen LogP contribution in [0.3, 0.4) is 0 Å². The van der Waals surface area contributed by atoms with E-state index in [-0.39, 0.29) is 0 Å². The standard InChI is InChI=1S/C19H22N2OS/c1-20(2)13-8-14-23(22)19-15-21(16-9-4-3-5-10-16)18-12-7-6-11-17(18)19/h3-7,9-12,15H,8,13-14H2,1-2H3. The Morgan fingerprint density at radius 2 is 1.70 bits per heavy atom. The van der Waals surface area contributed by atoms with E-state index >= 15 is 0 Å². The highest BCUT2D eigenvalue weighted by atomic mass is 32.2. The quantitative estimate of drug-likeness (QED) is 0.647. The average molecular weight is 326 g/mol. The van der Waals surface area contributed by atoms with Crippen molar-refractivity contribution in [3.05, 3.63) is 60.8 Å². The molecule has 0 aliphatic carbocycles. The van der Waals surface area contributed by atoms with Crippen LogP contribution in [-0.4, -0.2) is 40.4 Å². The molecule has 0 saturated carbocycles. The molecule has 23 heavy (non-hydrogen) atoms. The molecule has 3 rings (SSSR count). The van der Waals surface area contributed by atoms with Gasteiger partial charge in [-0.25, -0.2) is 0 Å². The zero-order chi connectivity index (χ0) is 16.2. The third-order valence-corrected chi connectivity index (χ3v) is 5.37. The summed E-state index contributed by atoms with van der Waals surface area (Å²) in [5.41, 5.74) is 2.20. The van der Waals surface area contributed by atoms with Gasteiger partial charge in [-0.3, -0.25) is 0 Å². The summed E-state index contributed by atoms with van der Waals surface area (Å²) in [6.07, 6.45) is 2.97. The van der Waals surface area contributed by atoms with E-state index in [4.69, 9.17) is 0 Å². The first-order chi connectivity index (χ1) is 11.2. The first-order valence-corrected chi connectivity index (χ1v) is 9.17. The Bertz CT molecular complexity index is 767. The van der Waals surface area contributed by atoms with Gasteiger partial charge in [-0.15, -0.1) is 0 Å². The van der Waals surface area contributed by atoms with Gasteiger partial charge < -0.3 is 14.0 Å². The fourth-order valence-corrected chi connectivity index (χ4v) is 4.01. The lowest BCUT2D eigenvalue weighted by atomic mass is 10.2. The molecule has 3 aromatic rings. The Labute approximate surface area is 140 Å². The van der Waals surface area contributed by atoms with Crippen LogP contribution in [0.5, 0.6) is 0 Å². The van der Waals surface area contributed by atoms with E-state index < -0.39 is 11.2 Å². The number of rotatable bonds is 6. The molecule has 0 fully saturated rings. The van der Waals surface area contributed by atoms with Crippen molar-refractivity contribution in [1.82, 2.24) is 9.47 Å². The zero-order valence-electron chi connectivity index (χ0n) is 13.6. The molecule has 0 N–H and O–H groups in total. The van der Waals surface area contributed by atoms with Crippen molar-refractivity contribution in [2.75, 3.05) is 26.4 Å². The summed E-state index contributed by atoms with van der Waals surface area (Å²) in [5.74, 6) is 0.695. The van der Waals surface area contributed by atoms with E-state index in [2.05, 4.69) is 33.7 Å². The summed E-state index contributed by atoms with van der Waals surface area (Å²) in [7, 11) is 4.09. The van der Waals surface area contributed by atoms with Crippen LogP contribution < -0.4 is 0 Å². The lowest BCUT2D eigenvalue weighted by Gasteiger charge is -2.12. The summed E-state index contributed by atoms with van der Waals surface area (Å²) in [6.45, 7) is 0.961.